The van der Waals surface area contributed by atoms with Gasteiger partial charge in [-0.3, -0.25) is 9.69 Å². The van der Waals surface area contributed by atoms with Crippen molar-refractivity contribution in [2.24, 2.45) is 4.99 Å². The van der Waals surface area contributed by atoms with Crippen LogP contribution >= 0.6 is 11.8 Å². The summed E-state index contributed by atoms with van der Waals surface area (Å²) in [6, 6.07) is 15.5. The predicted molar refractivity (Wildman–Crippen MR) is 109 cm³/mol. The van der Waals surface area contributed by atoms with E-state index in [1.165, 1.54) is 30.0 Å². The topological polar surface area (TPSA) is 59.0 Å². The highest BCUT2D eigenvalue weighted by Crippen LogP contribution is 2.47. The minimum atomic E-state index is -0.364. The van der Waals surface area contributed by atoms with Crippen LogP contribution in [0.1, 0.15) is 39.5 Å². The van der Waals surface area contributed by atoms with Crippen LogP contribution in [0.3, 0.4) is 0 Å². The highest BCUT2D eigenvalue weighted by atomic mass is 32.2. The van der Waals surface area contributed by atoms with E-state index in [2.05, 4.69) is 18.2 Å². The molecule has 1 amide bonds. The Morgan fingerprint density at radius 2 is 1.93 bits per heavy atom. The van der Waals surface area contributed by atoms with Crippen LogP contribution in [-0.2, 0) is 16.0 Å². The third kappa shape index (κ3) is 2.59. The lowest BCUT2D eigenvalue weighted by Gasteiger charge is -2.37. The zero-order chi connectivity index (χ0) is 19.3. The van der Waals surface area contributed by atoms with Gasteiger partial charge in [0.25, 0.3) is 0 Å². The smallest absolute Gasteiger partial charge is 0.337 e. The molecule has 140 valence electrons. The van der Waals surface area contributed by atoms with E-state index in [0.717, 1.165) is 34.8 Å². The lowest BCUT2D eigenvalue weighted by Crippen LogP contribution is -2.38. The standard InChI is InChI=1S/C22H18N2O3S/c1-27-21(26)15-8-6-14(7-9-15)20-17-11-10-13-4-2-3-5-16(13)19(17)23-22-24(20)18(25)12-28-22/h2-9,20H,10-12H2,1H3. The van der Waals surface area contributed by atoms with Gasteiger partial charge in [-0.05, 0) is 41.7 Å². The van der Waals surface area contributed by atoms with Crippen LogP contribution in [0.25, 0.3) is 5.70 Å². The van der Waals surface area contributed by atoms with Crippen LogP contribution in [0, 0.1) is 0 Å². The molecule has 2 heterocycles. The zero-order valence-corrected chi connectivity index (χ0v) is 16.2. The van der Waals surface area contributed by atoms with Crippen molar-refractivity contribution in [2.75, 3.05) is 12.9 Å². The quantitative estimate of drug-likeness (QED) is 0.732. The van der Waals surface area contributed by atoms with E-state index >= 15 is 0 Å². The van der Waals surface area contributed by atoms with Crippen molar-refractivity contribution < 1.29 is 14.3 Å². The molecule has 2 aliphatic heterocycles. The van der Waals surface area contributed by atoms with Gasteiger partial charge < -0.3 is 4.74 Å². The molecule has 1 atom stereocenters. The molecule has 0 radical (unpaired) electrons. The van der Waals surface area contributed by atoms with E-state index in [9.17, 15) is 9.59 Å². The number of aryl methyl sites for hydroxylation is 1. The molecule has 1 fully saturated rings. The summed E-state index contributed by atoms with van der Waals surface area (Å²) in [5, 5.41) is 0.766. The molecular weight excluding hydrogens is 372 g/mol. The van der Waals surface area contributed by atoms with Gasteiger partial charge in [0.15, 0.2) is 5.17 Å². The molecule has 1 saturated heterocycles. The van der Waals surface area contributed by atoms with Gasteiger partial charge in [-0.1, -0.05) is 48.2 Å². The van der Waals surface area contributed by atoms with Crippen molar-refractivity contribution in [1.82, 2.24) is 4.90 Å². The SMILES string of the molecule is COC(=O)c1ccc(C2C3=C(N=C4SCC(=O)N42)c2ccccc2CC3)cc1. The van der Waals surface area contributed by atoms with E-state index in [-0.39, 0.29) is 17.9 Å². The Kier molecular flexibility index (Phi) is 4.09. The first-order valence-electron chi connectivity index (χ1n) is 9.20. The number of amidine groups is 1. The summed E-state index contributed by atoms with van der Waals surface area (Å²) in [6.45, 7) is 0. The number of methoxy groups -OCH3 is 1. The number of esters is 1. The molecule has 3 aliphatic rings. The van der Waals surface area contributed by atoms with Gasteiger partial charge in [0, 0.05) is 5.56 Å². The molecule has 28 heavy (non-hydrogen) atoms. The first-order chi connectivity index (χ1) is 13.7. The molecule has 1 unspecified atom stereocenters. The minimum absolute atomic E-state index is 0.0798. The number of hydrogen-bond acceptors (Lipinski definition) is 5. The summed E-state index contributed by atoms with van der Waals surface area (Å²) in [5.74, 6) is 0.130. The monoisotopic (exact) mass is 390 g/mol. The van der Waals surface area contributed by atoms with Crippen LogP contribution in [0.4, 0.5) is 0 Å². The highest BCUT2D eigenvalue weighted by molar-refractivity contribution is 8.15. The van der Waals surface area contributed by atoms with E-state index in [0.29, 0.717) is 11.3 Å². The molecule has 5 nitrogen and oxygen atoms in total. The number of carbonyl (C=O) groups is 2. The van der Waals surface area contributed by atoms with E-state index in [4.69, 9.17) is 9.73 Å². The molecule has 0 N–H and O–H groups in total. The summed E-state index contributed by atoms with van der Waals surface area (Å²) in [6.07, 6.45) is 1.80. The fourth-order valence-corrected chi connectivity index (χ4v) is 5.06. The first-order valence-corrected chi connectivity index (χ1v) is 10.2. The lowest BCUT2D eigenvalue weighted by molar-refractivity contribution is -0.125. The number of benzene rings is 2. The molecule has 6 heteroatoms. The summed E-state index contributed by atoms with van der Waals surface area (Å²) in [5.41, 5.74) is 6.12. The Balaban J connectivity index is 1.65. The van der Waals surface area contributed by atoms with Gasteiger partial charge in [-0.25, -0.2) is 9.79 Å². The number of hydrogen-bond donors (Lipinski definition) is 0. The molecule has 2 aromatic carbocycles. The van der Waals surface area contributed by atoms with E-state index in [1.807, 2.05) is 23.1 Å². The Bertz CT molecular complexity index is 1060. The second-order valence-corrected chi connectivity index (χ2v) is 7.94. The number of carbonyl (C=O) groups excluding carboxylic acids is 2. The number of rotatable bonds is 2. The summed E-state index contributed by atoms with van der Waals surface area (Å²) in [4.78, 5) is 31.2. The molecule has 5 rings (SSSR count). The molecule has 2 aromatic rings. The third-order valence-electron chi connectivity index (χ3n) is 5.48. The average molecular weight is 390 g/mol. The Labute approximate surface area is 167 Å². The maximum absolute atomic E-state index is 12.7. The predicted octanol–water partition coefficient (Wildman–Crippen LogP) is 3.82. The second-order valence-electron chi connectivity index (χ2n) is 6.99. The molecule has 0 bridgehead atoms. The molecule has 1 aliphatic carbocycles. The van der Waals surface area contributed by atoms with Crippen LogP contribution in [-0.4, -0.2) is 34.8 Å². The highest BCUT2D eigenvalue weighted by Gasteiger charge is 2.42. The summed E-state index contributed by atoms with van der Waals surface area (Å²) < 4.78 is 4.80. The molecule has 0 spiro atoms. The van der Waals surface area contributed by atoms with Crippen molar-refractivity contribution in [3.05, 3.63) is 76.4 Å². The van der Waals surface area contributed by atoms with Gasteiger partial charge in [0.05, 0.1) is 30.2 Å². The molecule has 0 aromatic heterocycles. The first kappa shape index (κ1) is 17.3. The van der Waals surface area contributed by atoms with Crippen molar-refractivity contribution in [3.8, 4) is 0 Å². The second kappa shape index (κ2) is 6.63. The number of nitrogens with zero attached hydrogens (tertiary/aromatic N) is 2. The van der Waals surface area contributed by atoms with Crippen molar-refractivity contribution in [1.29, 1.82) is 0 Å². The zero-order valence-electron chi connectivity index (χ0n) is 15.3. The Morgan fingerprint density at radius 1 is 1.14 bits per heavy atom. The van der Waals surface area contributed by atoms with Gasteiger partial charge in [-0.15, -0.1) is 0 Å². The minimum Gasteiger partial charge on any atom is -0.465 e. The molecule has 0 saturated carbocycles. The van der Waals surface area contributed by atoms with Crippen molar-refractivity contribution in [2.45, 2.75) is 18.9 Å². The number of aliphatic imine (C=N–C) groups is 1. The fraction of sp³-hybridized carbons (Fsp3) is 0.227. The fourth-order valence-electron chi connectivity index (χ4n) is 4.16. The summed E-state index contributed by atoms with van der Waals surface area (Å²) in [7, 11) is 1.37. The summed E-state index contributed by atoms with van der Waals surface area (Å²) >= 11 is 1.49. The van der Waals surface area contributed by atoms with Gasteiger partial charge in [0.2, 0.25) is 5.91 Å². The van der Waals surface area contributed by atoms with Gasteiger partial charge >= 0.3 is 5.97 Å². The number of thioether (sulfide) groups is 1. The van der Waals surface area contributed by atoms with E-state index in [1.54, 1.807) is 12.1 Å². The normalized spacial score (nSPS) is 20.3. The van der Waals surface area contributed by atoms with Crippen LogP contribution in [0.15, 0.2) is 59.1 Å². The number of fused-ring (bicyclic) bond motifs is 3. The lowest BCUT2D eigenvalue weighted by atomic mass is 9.82. The number of amides is 1. The van der Waals surface area contributed by atoms with Crippen molar-refractivity contribution in [3.63, 3.8) is 0 Å². The van der Waals surface area contributed by atoms with Crippen LogP contribution < -0.4 is 0 Å². The third-order valence-corrected chi connectivity index (χ3v) is 6.42. The largest absolute Gasteiger partial charge is 0.465 e. The Hall–Kier alpha value is -2.86. The number of ether oxygens (including phenoxy) is 1. The van der Waals surface area contributed by atoms with Crippen LogP contribution in [0.2, 0.25) is 0 Å². The average Bonchev–Trinajstić information content (AvgIpc) is 3.12. The van der Waals surface area contributed by atoms with Gasteiger partial charge in [0.1, 0.15) is 0 Å². The van der Waals surface area contributed by atoms with Crippen LogP contribution in [0.5, 0.6) is 0 Å². The Morgan fingerprint density at radius 3 is 2.71 bits per heavy atom. The van der Waals surface area contributed by atoms with Crippen molar-refractivity contribution >= 4 is 34.5 Å². The molecular formula is C22H18N2O3S. The maximum Gasteiger partial charge on any atom is 0.337 e. The van der Waals surface area contributed by atoms with Gasteiger partial charge in [-0.2, -0.15) is 0 Å². The van der Waals surface area contributed by atoms with E-state index < -0.39 is 0 Å². The maximum atomic E-state index is 12.7.